The third kappa shape index (κ3) is 6.26. The van der Waals surface area contributed by atoms with Gasteiger partial charge in [0, 0.05) is 0 Å². The summed E-state index contributed by atoms with van der Waals surface area (Å²) in [6.07, 6.45) is 2.14. The highest BCUT2D eigenvalue weighted by Gasteiger charge is 2.26. The van der Waals surface area contributed by atoms with E-state index in [-0.39, 0.29) is 12.5 Å². The molecule has 5 heteroatoms. The highest BCUT2D eigenvalue weighted by molar-refractivity contribution is 5.76. The van der Waals surface area contributed by atoms with Crippen LogP contribution in [-0.4, -0.2) is 47.7 Å². The van der Waals surface area contributed by atoms with E-state index in [0.29, 0.717) is 19.6 Å². The van der Waals surface area contributed by atoms with Crippen molar-refractivity contribution in [2.45, 2.75) is 46.1 Å². The first-order valence-corrected chi connectivity index (χ1v) is 6.19. The highest BCUT2D eigenvalue weighted by atomic mass is 16.5. The first-order chi connectivity index (χ1) is 8.06. The molecule has 0 aliphatic rings. The van der Waals surface area contributed by atoms with Gasteiger partial charge in [0.15, 0.2) is 0 Å². The van der Waals surface area contributed by atoms with Crippen LogP contribution in [0.15, 0.2) is 0 Å². The standard InChI is InChI=1S/C12H23NO4/c1-4-7-10(12(15)16)13(8-5-2)9-11(14)17-6-3/h10H,4-9H2,1-3H3,(H,15,16). The molecule has 1 unspecified atom stereocenters. The first kappa shape index (κ1) is 15.9. The number of carboxylic acid groups (broad SMARTS) is 1. The molecule has 0 heterocycles. The number of hydrogen-bond acceptors (Lipinski definition) is 4. The Morgan fingerprint density at radius 2 is 1.88 bits per heavy atom. The fraction of sp³-hybridized carbons (Fsp3) is 0.833. The Morgan fingerprint density at radius 3 is 2.29 bits per heavy atom. The molecular formula is C12H23NO4. The molecule has 0 radical (unpaired) electrons. The predicted octanol–water partition coefficient (Wildman–Crippen LogP) is 1.51. The molecule has 100 valence electrons. The zero-order chi connectivity index (χ0) is 13.3. The van der Waals surface area contributed by atoms with Crippen LogP contribution < -0.4 is 0 Å². The summed E-state index contributed by atoms with van der Waals surface area (Å²) >= 11 is 0. The van der Waals surface area contributed by atoms with Crippen molar-refractivity contribution in [3.63, 3.8) is 0 Å². The lowest BCUT2D eigenvalue weighted by molar-refractivity contribution is -0.149. The van der Waals surface area contributed by atoms with Crippen molar-refractivity contribution in [3.05, 3.63) is 0 Å². The Bertz CT molecular complexity index is 243. The van der Waals surface area contributed by atoms with Gasteiger partial charge in [0.1, 0.15) is 6.04 Å². The van der Waals surface area contributed by atoms with Crippen molar-refractivity contribution >= 4 is 11.9 Å². The number of nitrogens with zero attached hydrogens (tertiary/aromatic N) is 1. The Labute approximate surface area is 103 Å². The van der Waals surface area contributed by atoms with E-state index in [0.717, 1.165) is 12.8 Å². The summed E-state index contributed by atoms with van der Waals surface area (Å²) < 4.78 is 4.85. The highest BCUT2D eigenvalue weighted by Crippen LogP contribution is 2.08. The van der Waals surface area contributed by atoms with Gasteiger partial charge in [-0.25, -0.2) is 0 Å². The molecule has 0 aromatic heterocycles. The van der Waals surface area contributed by atoms with E-state index in [2.05, 4.69) is 0 Å². The topological polar surface area (TPSA) is 66.8 Å². The van der Waals surface area contributed by atoms with E-state index in [9.17, 15) is 9.59 Å². The molecule has 0 bridgehead atoms. The van der Waals surface area contributed by atoms with E-state index < -0.39 is 12.0 Å². The fourth-order valence-corrected chi connectivity index (χ4v) is 1.74. The smallest absolute Gasteiger partial charge is 0.320 e. The number of ether oxygens (including phenoxy) is 1. The normalized spacial score (nSPS) is 12.5. The van der Waals surface area contributed by atoms with E-state index in [1.807, 2.05) is 13.8 Å². The molecule has 0 aliphatic carbocycles. The average Bonchev–Trinajstić information content (AvgIpc) is 2.25. The van der Waals surface area contributed by atoms with Crippen LogP contribution >= 0.6 is 0 Å². The number of esters is 1. The lowest BCUT2D eigenvalue weighted by atomic mass is 10.1. The number of aliphatic carboxylic acids is 1. The van der Waals surface area contributed by atoms with E-state index in [1.54, 1.807) is 11.8 Å². The number of carbonyl (C=O) groups is 2. The van der Waals surface area contributed by atoms with Crippen LogP contribution in [0.2, 0.25) is 0 Å². The van der Waals surface area contributed by atoms with Gasteiger partial charge >= 0.3 is 11.9 Å². The largest absolute Gasteiger partial charge is 0.480 e. The number of carboxylic acids is 1. The van der Waals surface area contributed by atoms with Crippen LogP contribution in [0.3, 0.4) is 0 Å². The van der Waals surface area contributed by atoms with Crippen molar-refractivity contribution in [2.75, 3.05) is 19.7 Å². The number of carbonyl (C=O) groups excluding carboxylic acids is 1. The number of hydrogen-bond donors (Lipinski definition) is 1. The minimum Gasteiger partial charge on any atom is -0.480 e. The molecule has 1 N–H and O–H groups in total. The Balaban J connectivity index is 4.54. The summed E-state index contributed by atoms with van der Waals surface area (Å²) in [5.41, 5.74) is 0. The van der Waals surface area contributed by atoms with Crippen molar-refractivity contribution in [3.8, 4) is 0 Å². The summed E-state index contributed by atoms with van der Waals surface area (Å²) in [6.45, 7) is 6.61. The Morgan fingerprint density at radius 1 is 1.24 bits per heavy atom. The van der Waals surface area contributed by atoms with Crippen molar-refractivity contribution in [1.29, 1.82) is 0 Å². The maximum Gasteiger partial charge on any atom is 0.320 e. The van der Waals surface area contributed by atoms with Gasteiger partial charge in [-0.1, -0.05) is 20.3 Å². The van der Waals surface area contributed by atoms with Crippen LogP contribution in [0.25, 0.3) is 0 Å². The van der Waals surface area contributed by atoms with Crippen LogP contribution in [0, 0.1) is 0 Å². The van der Waals surface area contributed by atoms with Crippen molar-refractivity contribution in [1.82, 2.24) is 4.90 Å². The van der Waals surface area contributed by atoms with Gasteiger partial charge in [-0.3, -0.25) is 14.5 Å². The number of rotatable bonds is 9. The van der Waals surface area contributed by atoms with E-state index in [1.165, 1.54) is 0 Å². The zero-order valence-corrected chi connectivity index (χ0v) is 10.9. The summed E-state index contributed by atoms with van der Waals surface area (Å²) in [5, 5.41) is 9.15. The monoisotopic (exact) mass is 245 g/mol. The second-order valence-corrected chi connectivity index (χ2v) is 3.92. The lowest BCUT2D eigenvalue weighted by Gasteiger charge is -2.27. The molecule has 0 aliphatic heterocycles. The molecule has 0 fully saturated rings. The first-order valence-electron chi connectivity index (χ1n) is 6.19. The van der Waals surface area contributed by atoms with Gasteiger partial charge in [-0.2, -0.15) is 0 Å². The van der Waals surface area contributed by atoms with E-state index in [4.69, 9.17) is 9.84 Å². The quantitative estimate of drug-likeness (QED) is 0.624. The summed E-state index contributed by atoms with van der Waals surface area (Å²) in [5.74, 6) is -1.23. The molecule has 0 saturated carbocycles. The van der Waals surface area contributed by atoms with Crippen LogP contribution in [0.1, 0.15) is 40.0 Å². The Kier molecular flexibility index (Phi) is 8.40. The fourth-order valence-electron chi connectivity index (χ4n) is 1.74. The van der Waals surface area contributed by atoms with Gasteiger partial charge in [-0.05, 0) is 26.3 Å². The molecule has 5 nitrogen and oxygen atoms in total. The minimum absolute atomic E-state index is 0.0542. The van der Waals surface area contributed by atoms with Crippen LogP contribution in [-0.2, 0) is 14.3 Å². The van der Waals surface area contributed by atoms with Crippen LogP contribution in [0.4, 0.5) is 0 Å². The zero-order valence-electron chi connectivity index (χ0n) is 10.9. The SMILES string of the molecule is CCCC(C(=O)O)N(CCC)CC(=O)OCC. The van der Waals surface area contributed by atoms with Gasteiger partial charge in [-0.15, -0.1) is 0 Å². The third-order valence-electron chi connectivity index (χ3n) is 2.44. The molecule has 1 atom stereocenters. The van der Waals surface area contributed by atoms with Gasteiger partial charge in [0.05, 0.1) is 13.2 Å². The molecule has 0 rings (SSSR count). The van der Waals surface area contributed by atoms with Crippen LogP contribution in [0.5, 0.6) is 0 Å². The second-order valence-electron chi connectivity index (χ2n) is 3.92. The maximum atomic E-state index is 11.4. The van der Waals surface area contributed by atoms with Gasteiger partial charge in [0.2, 0.25) is 0 Å². The average molecular weight is 245 g/mol. The summed E-state index contributed by atoms with van der Waals surface area (Å²) in [6, 6.07) is -0.593. The molecule has 17 heavy (non-hydrogen) atoms. The summed E-state index contributed by atoms with van der Waals surface area (Å²) in [4.78, 5) is 24.2. The van der Waals surface area contributed by atoms with Gasteiger partial charge < -0.3 is 9.84 Å². The molecule has 0 spiro atoms. The van der Waals surface area contributed by atoms with Crippen molar-refractivity contribution < 1.29 is 19.4 Å². The molecule has 0 saturated heterocycles. The second kappa shape index (κ2) is 8.98. The molecule has 0 aromatic rings. The third-order valence-corrected chi connectivity index (χ3v) is 2.44. The van der Waals surface area contributed by atoms with E-state index >= 15 is 0 Å². The Hall–Kier alpha value is -1.10. The minimum atomic E-state index is -0.871. The maximum absolute atomic E-state index is 11.4. The lowest BCUT2D eigenvalue weighted by Crippen LogP contribution is -2.44. The van der Waals surface area contributed by atoms with Crippen molar-refractivity contribution in [2.24, 2.45) is 0 Å². The molecule has 0 aromatic carbocycles. The molecule has 0 amide bonds. The molecular weight excluding hydrogens is 222 g/mol. The van der Waals surface area contributed by atoms with Gasteiger partial charge in [0.25, 0.3) is 0 Å². The summed E-state index contributed by atoms with van der Waals surface area (Å²) in [7, 11) is 0. The predicted molar refractivity (Wildman–Crippen MR) is 64.8 cm³/mol.